The van der Waals surface area contributed by atoms with Gasteiger partial charge in [-0.05, 0) is 36.4 Å². The third-order valence-electron chi connectivity index (χ3n) is 2.21. The Hall–Kier alpha value is -1.62. The fraction of sp³-hybridized carbons (Fsp3) is 0.250. The fourth-order valence-corrected chi connectivity index (χ4v) is 2.21. The van der Waals surface area contributed by atoms with Gasteiger partial charge in [0.15, 0.2) is 0 Å². The van der Waals surface area contributed by atoms with Crippen LogP contribution in [0.1, 0.15) is 19.0 Å². The molecule has 0 aliphatic rings. The molecule has 2 rings (SSSR count). The molecule has 0 aliphatic carbocycles. The number of hydrogen-bond acceptors (Lipinski definition) is 5. The molecule has 0 fully saturated rings. The normalized spacial score (nSPS) is 10.4. The highest BCUT2D eigenvalue weighted by Crippen LogP contribution is 2.28. The van der Waals surface area contributed by atoms with E-state index in [4.69, 9.17) is 5.73 Å². The van der Waals surface area contributed by atoms with Gasteiger partial charge in [0.25, 0.3) is 0 Å². The molecule has 0 unspecified atom stereocenters. The van der Waals surface area contributed by atoms with Crippen molar-refractivity contribution in [3.05, 3.63) is 36.4 Å². The second-order valence-electron chi connectivity index (χ2n) is 3.60. The Labute approximate surface area is 105 Å². The molecule has 0 amide bonds. The van der Waals surface area contributed by atoms with Crippen molar-refractivity contribution in [3.8, 4) is 0 Å². The van der Waals surface area contributed by atoms with Crippen LogP contribution in [0.4, 0.5) is 5.69 Å². The minimum Gasteiger partial charge on any atom is -0.397 e. The maximum Gasteiger partial charge on any atom is 0.125 e. The van der Waals surface area contributed by atoms with Gasteiger partial charge in [0.05, 0.1) is 5.69 Å². The van der Waals surface area contributed by atoms with Crippen LogP contribution in [0.15, 0.2) is 40.8 Å². The smallest absolute Gasteiger partial charge is 0.125 e. The molecular formula is C12H14N4S. The molecule has 0 saturated carbocycles. The molecule has 5 heteroatoms. The van der Waals surface area contributed by atoms with E-state index in [-0.39, 0.29) is 0 Å². The summed E-state index contributed by atoms with van der Waals surface area (Å²) in [5.74, 6) is 0. The van der Waals surface area contributed by atoms with E-state index in [0.717, 1.165) is 28.6 Å². The van der Waals surface area contributed by atoms with Crippen molar-refractivity contribution < 1.29 is 0 Å². The van der Waals surface area contributed by atoms with Crippen LogP contribution in [0.5, 0.6) is 0 Å². The lowest BCUT2D eigenvalue weighted by molar-refractivity contribution is 0.854. The largest absolute Gasteiger partial charge is 0.397 e. The number of anilines is 1. The average Bonchev–Trinajstić information content (AvgIpc) is 2.33. The molecule has 2 heterocycles. The van der Waals surface area contributed by atoms with Gasteiger partial charge in [-0.2, -0.15) is 0 Å². The topological polar surface area (TPSA) is 64.7 Å². The molecule has 2 aromatic heterocycles. The number of pyridine rings is 1. The van der Waals surface area contributed by atoms with Crippen molar-refractivity contribution in [1.29, 1.82) is 0 Å². The molecule has 4 nitrogen and oxygen atoms in total. The van der Waals surface area contributed by atoms with Gasteiger partial charge < -0.3 is 5.73 Å². The zero-order valence-corrected chi connectivity index (χ0v) is 10.4. The third kappa shape index (κ3) is 3.17. The van der Waals surface area contributed by atoms with E-state index in [9.17, 15) is 0 Å². The van der Waals surface area contributed by atoms with E-state index in [1.54, 1.807) is 12.5 Å². The molecule has 0 saturated heterocycles. The number of nitrogens with zero attached hydrogens (tertiary/aromatic N) is 3. The molecule has 0 aliphatic heterocycles. The van der Waals surface area contributed by atoms with Crippen LogP contribution in [0.25, 0.3) is 0 Å². The Kier molecular flexibility index (Phi) is 3.93. The maximum atomic E-state index is 5.84. The van der Waals surface area contributed by atoms with Gasteiger partial charge in [-0.1, -0.05) is 13.3 Å². The van der Waals surface area contributed by atoms with Crippen LogP contribution in [0.2, 0.25) is 0 Å². The monoisotopic (exact) mass is 246 g/mol. The number of rotatable bonds is 4. The van der Waals surface area contributed by atoms with Crippen LogP contribution in [0.3, 0.4) is 0 Å². The average molecular weight is 246 g/mol. The maximum absolute atomic E-state index is 5.84. The Bertz CT molecular complexity index is 501. The Balaban J connectivity index is 2.18. The molecule has 0 bridgehead atoms. The van der Waals surface area contributed by atoms with Gasteiger partial charge in [0.1, 0.15) is 16.4 Å². The predicted octanol–water partition coefficient (Wildman–Crippen LogP) is 2.56. The van der Waals surface area contributed by atoms with Gasteiger partial charge in [-0.3, -0.25) is 0 Å². The number of aromatic nitrogens is 3. The number of nitrogen functional groups attached to an aromatic ring is 1. The van der Waals surface area contributed by atoms with Crippen LogP contribution < -0.4 is 5.73 Å². The summed E-state index contributed by atoms with van der Waals surface area (Å²) in [6, 6.07) is 5.65. The first-order valence-electron chi connectivity index (χ1n) is 5.49. The van der Waals surface area contributed by atoms with E-state index in [0.29, 0.717) is 5.69 Å². The first kappa shape index (κ1) is 11.9. The van der Waals surface area contributed by atoms with Crippen molar-refractivity contribution in [1.82, 2.24) is 15.0 Å². The van der Waals surface area contributed by atoms with Gasteiger partial charge >= 0.3 is 0 Å². The Morgan fingerprint density at radius 3 is 2.94 bits per heavy atom. The Morgan fingerprint density at radius 2 is 2.18 bits per heavy atom. The van der Waals surface area contributed by atoms with Gasteiger partial charge in [-0.15, -0.1) is 0 Å². The van der Waals surface area contributed by atoms with Crippen molar-refractivity contribution >= 4 is 17.4 Å². The van der Waals surface area contributed by atoms with Crippen molar-refractivity contribution in [2.24, 2.45) is 0 Å². The third-order valence-corrected chi connectivity index (χ3v) is 3.17. The lowest BCUT2D eigenvalue weighted by atomic mass is 10.2. The van der Waals surface area contributed by atoms with Gasteiger partial charge in [0.2, 0.25) is 0 Å². The van der Waals surface area contributed by atoms with Crippen molar-refractivity contribution in [3.63, 3.8) is 0 Å². The van der Waals surface area contributed by atoms with Gasteiger partial charge in [-0.25, -0.2) is 15.0 Å². The number of nitrogens with two attached hydrogens (primary N) is 1. The summed E-state index contributed by atoms with van der Waals surface area (Å²) in [6.45, 7) is 2.13. The summed E-state index contributed by atoms with van der Waals surface area (Å²) in [5.41, 5.74) is 7.57. The highest BCUT2D eigenvalue weighted by molar-refractivity contribution is 7.99. The van der Waals surface area contributed by atoms with Crippen molar-refractivity contribution in [2.75, 3.05) is 5.73 Å². The van der Waals surface area contributed by atoms with Crippen LogP contribution >= 0.6 is 11.8 Å². The molecule has 2 aromatic rings. The standard InChI is InChI=1S/C12H14N4S/c1-2-4-9-7-11(16-8-15-9)17-12-10(13)5-3-6-14-12/h3,5-8H,2,4,13H2,1H3. The molecule has 17 heavy (non-hydrogen) atoms. The van der Waals surface area contributed by atoms with Crippen LogP contribution in [0, 0.1) is 0 Å². The van der Waals surface area contributed by atoms with Crippen LogP contribution in [-0.4, -0.2) is 15.0 Å². The zero-order valence-electron chi connectivity index (χ0n) is 9.63. The minimum atomic E-state index is 0.674. The highest BCUT2D eigenvalue weighted by Gasteiger charge is 2.05. The first-order chi connectivity index (χ1) is 8.29. The molecule has 88 valence electrons. The quantitative estimate of drug-likeness (QED) is 0.840. The van der Waals surface area contributed by atoms with E-state index in [1.165, 1.54) is 11.8 Å². The van der Waals surface area contributed by atoms with E-state index in [1.807, 2.05) is 18.2 Å². The van der Waals surface area contributed by atoms with Gasteiger partial charge in [0, 0.05) is 11.9 Å². The summed E-state index contributed by atoms with van der Waals surface area (Å²) < 4.78 is 0. The molecular weight excluding hydrogens is 232 g/mol. The molecule has 0 atom stereocenters. The predicted molar refractivity (Wildman–Crippen MR) is 68.8 cm³/mol. The summed E-state index contributed by atoms with van der Waals surface area (Å²) in [5, 5.41) is 1.67. The molecule has 2 N–H and O–H groups in total. The lowest BCUT2D eigenvalue weighted by Gasteiger charge is -2.04. The number of aryl methyl sites for hydroxylation is 1. The second kappa shape index (κ2) is 5.63. The number of hydrogen-bond donors (Lipinski definition) is 1. The lowest BCUT2D eigenvalue weighted by Crippen LogP contribution is -1.94. The fourth-order valence-electron chi connectivity index (χ4n) is 1.41. The summed E-state index contributed by atoms with van der Waals surface area (Å²) >= 11 is 1.47. The van der Waals surface area contributed by atoms with E-state index >= 15 is 0 Å². The molecule has 0 radical (unpaired) electrons. The highest BCUT2D eigenvalue weighted by atomic mass is 32.2. The van der Waals surface area contributed by atoms with Crippen molar-refractivity contribution in [2.45, 2.75) is 29.8 Å². The second-order valence-corrected chi connectivity index (χ2v) is 4.61. The minimum absolute atomic E-state index is 0.674. The summed E-state index contributed by atoms with van der Waals surface area (Å²) in [4.78, 5) is 12.7. The summed E-state index contributed by atoms with van der Waals surface area (Å²) in [6.07, 6.45) is 5.36. The zero-order chi connectivity index (χ0) is 12.1. The SMILES string of the molecule is CCCc1cc(Sc2ncccc2N)ncn1. The Morgan fingerprint density at radius 1 is 1.29 bits per heavy atom. The summed E-state index contributed by atoms with van der Waals surface area (Å²) in [7, 11) is 0. The van der Waals surface area contributed by atoms with E-state index < -0.39 is 0 Å². The molecule has 0 spiro atoms. The van der Waals surface area contributed by atoms with Crippen LogP contribution in [-0.2, 0) is 6.42 Å². The molecule has 0 aromatic carbocycles. The first-order valence-corrected chi connectivity index (χ1v) is 6.30. The van der Waals surface area contributed by atoms with E-state index in [2.05, 4.69) is 21.9 Å².